The van der Waals surface area contributed by atoms with E-state index < -0.39 is 29.7 Å². The van der Waals surface area contributed by atoms with Crippen LogP contribution >= 0.6 is 0 Å². The van der Waals surface area contributed by atoms with Gasteiger partial charge in [0.25, 0.3) is 5.91 Å². The van der Waals surface area contributed by atoms with Crippen molar-refractivity contribution in [3.63, 3.8) is 0 Å². The molecule has 9 heteroatoms. The molecule has 0 radical (unpaired) electrons. The van der Waals surface area contributed by atoms with E-state index in [1.165, 1.54) is 12.1 Å². The largest absolute Gasteiger partial charge is 0.416 e. The molecule has 0 unspecified atom stereocenters. The van der Waals surface area contributed by atoms with Gasteiger partial charge in [0.05, 0.1) is 46.7 Å². The predicted octanol–water partition coefficient (Wildman–Crippen LogP) is 3.23. The molecule has 1 atom stereocenters. The Kier molecular flexibility index (Phi) is 4.27. The van der Waals surface area contributed by atoms with Crippen molar-refractivity contribution in [1.82, 2.24) is 10.6 Å². The zero-order valence-corrected chi connectivity index (χ0v) is 14.7. The number of hydrogen-bond acceptors (Lipinski definition) is 3. The van der Waals surface area contributed by atoms with Gasteiger partial charge in [-0.15, -0.1) is 0 Å². The molecule has 0 aromatic heterocycles. The molecule has 6 nitrogen and oxygen atoms in total. The predicted molar refractivity (Wildman–Crippen MR) is 96.4 cm³/mol. The van der Waals surface area contributed by atoms with Crippen LogP contribution in [-0.2, 0) is 11.0 Å². The Bertz CT molecular complexity index is 1080. The van der Waals surface area contributed by atoms with Crippen LogP contribution in [0.15, 0.2) is 59.8 Å². The topological polar surface area (TPSA) is 85.2 Å². The first-order valence-electron chi connectivity index (χ1n) is 8.59. The second-order valence-electron chi connectivity index (χ2n) is 6.54. The van der Waals surface area contributed by atoms with Gasteiger partial charge in [-0.25, -0.2) is 4.79 Å². The number of rotatable bonds is 2. The van der Waals surface area contributed by atoms with Gasteiger partial charge < -0.3 is 10.6 Å². The molecule has 0 bridgehead atoms. The van der Waals surface area contributed by atoms with Crippen LogP contribution in [0.3, 0.4) is 0 Å². The van der Waals surface area contributed by atoms with E-state index in [1.54, 1.807) is 24.3 Å². The van der Waals surface area contributed by atoms with Crippen LogP contribution < -0.4 is 15.5 Å². The highest BCUT2D eigenvalue weighted by Crippen LogP contribution is 2.38. The Morgan fingerprint density at radius 1 is 1.10 bits per heavy atom. The zero-order valence-electron chi connectivity index (χ0n) is 14.7. The lowest BCUT2D eigenvalue weighted by Crippen LogP contribution is -2.47. The Balaban J connectivity index is 1.80. The van der Waals surface area contributed by atoms with Gasteiger partial charge in [0.2, 0.25) is 0 Å². The van der Waals surface area contributed by atoms with Crippen LogP contribution in [0.4, 0.5) is 23.7 Å². The SMILES string of the molecule is N#Cc1ccc([C@@H]2NC(=O)N(c3cccc(C(F)(F)F)c3)C3=C2C(=O)NC3)cc1. The summed E-state index contributed by atoms with van der Waals surface area (Å²) in [5.74, 6) is -0.411. The minimum Gasteiger partial charge on any atom is -0.347 e. The van der Waals surface area contributed by atoms with E-state index in [9.17, 15) is 22.8 Å². The fourth-order valence-corrected chi connectivity index (χ4v) is 3.46. The highest BCUT2D eigenvalue weighted by molar-refractivity contribution is 6.07. The second-order valence-corrected chi connectivity index (χ2v) is 6.54. The highest BCUT2D eigenvalue weighted by atomic mass is 19.4. The van der Waals surface area contributed by atoms with E-state index in [-0.39, 0.29) is 17.8 Å². The van der Waals surface area contributed by atoms with Crippen molar-refractivity contribution < 1.29 is 22.8 Å². The lowest BCUT2D eigenvalue weighted by molar-refractivity contribution is -0.137. The molecule has 0 saturated carbocycles. The van der Waals surface area contributed by atoms with Crippen molar-refractivity contribution in [1.29, 1.82) is 5.26 Å². The summed E-state index contributed by atoms with van der Waals surface area (Å²) in [7, 11) is 0. The number of hydrogen-bond donors (Lipinski definition) is 2. The van der Waals surface area contributed by atoms with Crippen LogP contribution in [0.2, 0.25) is 0 Å². The number of halogens is 3. The number of benzene rings is 2. The molecule has 3 amide bonds. The van der Waals surface area contributed by atoms with E-state index in [1.807, 2.05) is 6.07 Å². The number of nitrogens with one attached hydrogen (secondary N) is 2. The molecule has 2 aromatic rings. The maximum Gasteiger partial charge on any atom is 0.416 e. The molecule has 0 saturated heterocycles. The number of nitrogens with zero attached hydrogens (tertiary/aromatic N) is 2. The van der Waals surface area contributed by atoms with E-state index in [0.29, 0.717) is 16.8 Å². The smallest absolute Gasteiger partial charge is 0.347 e. The number of anilines is 1. The molecule has 29 heavy (non-hydrogen) atoms. The lowest BCUT2D eigenvalue weighted by atomic mass is 9.94. The molecular weight excluding hydrogens is 385 g/mol. The average Bonchev–Trinajstić information content (AvgIpc) is 3.08. The van der Waals surface area contributed by atoms with Gasteiger partial charge in [-0.1, -0.05) is 18.2 Å². The van der Waals surface area contributed by atoms with Gasteiger partial charge in [-0.2, -0.15) is 18.4 Å². The number of alkyl halides is 3. The van der Waals surface area contributed by atoms with Gasteiger partial charge in [0.1, 0.15) is 0 Å². The molecule has 0 fully saturated rings. The summed E-state index contributed by atoms with van der Waals surface area (Å²) < 4.78 is 39.3. The quantitative estimate of drug-likeness (QED) is 0.815. The normalized spacial score (nSPS) is 18.8. The molecule has 146 valence electrons. The van der Waals surface area contributed by atoms with Crippen LogP contribution in [0.25, 0.3) is 0 Å². The van der Waals surface area contributed by atoms with Gasteiger partial charge in [0.15, 0.2) is 0 Å². The zero-order chi connectivity index (χ0) is 20.8. The summed E-state index contributed by atoms with van der Waals surface area (Å²) in [6.07, 6.45) is -4.56. The van der Waals surface area contributed by atoms with E-state index in [0.717, 1.165) is 17.0 Å². The van der Waals surface area contributed by atoms with Gasteiger partial charge >= 0.3 is 12.2 Å². The highest BCUT2D eigenvalue weighted by Gasteiger charge is 2.42. The standard InChI is InChI=1S/C20H13F3N4O2/c21-20(22,23)13-2-1-3-14(8-13)27-15-10-25-18(28)16(15)17(26-19(27)29)12-6-4-11(9-24)5-7-12/h1-8,17H,10H2,(H,25,28)(H,26,29)/t17-/m0/s1. The fraction of sp³-hybridized carbons (Fsp3) is 0.150. The Hall–Kier alpha value is -3.80. The summed E-state index contributed by atoms with van der Waals surface area (Å²) in [6.45, 7) is 0.0185. The second kappa shape index (κ2) is 6.67. The van der Waals surface area contributed by atoms with Crippen molar-refractivity contribution >= 4 is 17.6 Å². The number of urea groups is 1. The van der Waals surface area contributed by atoms with E-state index in [2.05, 4.69) is 10.6 Å². The first-order valence-corrected chi connectivity index (χ1v) is 8.59. The summed E-state index contributed by atoms with van der Waals surface area (Å²) in [5, 5.41) is 14.2. The minimum absolute atomic E-state index is 0.0135. The van der Waals surface area contributed by atoms with Crippen LogP contribution in [-0.4, -0.2) is 18.5 Å². The number of nitriles is 1. The van der Waals surface area contributed by atoms with Gasteiger partial charge in [-0.05, 0) is 35.9 Å². The summed E-state index contributed by atoms with van der Waals surface area (Å²) in [6, 6.07) is 11.3. The maximum absolute atomic E-state index is 13.1. The molecule has 2 N–H and O–H groups in total. The number of carbonyl (C=O) groups excluding carboxylic acids is 2. The van der Waals surface area contributed by atoms with Crippen molar-refractivity contribution in [2.24, 2.45) is 0 Å². The van der Waals surface area contributed by atoms with Crippen molar-refractivity contribution in [2.75, 3.05) is 11.4 Å². The van der Waals surface area contributed by atoms with E-state index in [4.69, 9.17) is 5.26 Å². The Morgan fingerprint density at radius 2 is 1.83 bits per heavy atom. The summed E-state index contributed by atoms with van der Waals surface area (Å²) in [4.78, 5) is 26.4. The number of amides is 3. The average molecular weight is 398 g/mol. The molecule has 2 heterocycles. The van der Waals surface area contributed by atoms with Gasteiger partial charge in [-0.3, -0.25) is 9.69 Å². The van der Waals surface area contributed by atoms with Crippen molar-refractivity contribution in [2.45, 2.75) is 12.2 Å². The van der Waals surface area contributed by atoms with Crippen molar-refractivity contribution in [3.05, 3.63) is 76.5 Å². The van der Waals surface area contributed by atoms with Crippen LogP contribution in [0.1, 0.15) is 22.7 Å². The summed E-state index contributed by atoms with van der Waals surface area (Å²) >= 11 is 0. The van der Waals surface area contributed by atoms with Gasteiger partial charge in [0, 0.05) is 0 Å². The van der Waals surface area contributed by atoms with Crippen molar-refractivity contribution in [3.8, 4) is 6.07 Å². The number of carbonyl (C=O) groups is 2. The first kappa shape index (κ1) is 18.6. The molecule has 0 spiro atoms. The third-order valence-electron chi connectivity index (χ3n) is 4.81. The molecular formula is C20H13F3N4O2. The Morgan fingerprint density at radius 3 is 2.48 bits per heavy atom. The maximum atomic E-state index is 13.1. The molecule has 2 aromatic carbocycles. The molecule has 0 aliphatic carbocycles. The van der Waals surface area contributed by atoms with Crippen LogP contribution in [0.5, 0.6) is 0 Å². The summed E-state index contributed by atoms with van der Waals surface area (Å²) in [5.41, 5.74) is 0.687. The minimum atomic E-state index is -4.56. The Labute approximate surface area is 163 Å². The van der Waals surface area contributed by atoms with E-state index >= 15 is 0 Å². The molecule has 2 aliphatic heterocycles. The first-order chi connectivity index (χ1) is 13.8. The monoisotopic (exact) mass is 398 g/mol. The van der Waals surface area contributed by atoms with Crippen LogP contribution in [0, 0.1) is 11.3 Å². The molecule has 2 aliphatic rings. The third kappa shape index (κ3) is 3.18. The lowest BCUT2D eigenvalue weighted by Gasteiger charge is -2.33. The fourth-order valence-electron chi connectivity index (χ4n) is 3.46. The molecule has 4 rings (SSSR count). The third-order valence-corrected chi connectivity index (χ3v) is 4.81.